The van der Waals surface area contributed by atoms with Crippen LogP contribution in [0.15, 0.2) is 18.2 Å². The molecule has 21 heavy (non-hydrogen) atoms. The van der Waals surface area contributed by atoms with Gasteiger partial charge in [0.05, 0.1) is 6.42 Å². The lowest BCUT2D eigenvalue weighted by atomic mass is 9.92. The Morgan fingerprint density at radius 3 is 2.81 bits per heavy atom. The van der Waals surface area contributed by atoms with Gasteiger partial charge in [0.15, 0.2) is 0 Å². The third-order valence-corrected chi connectivity index (χ3v) is 4.17. The molecule has 6 heteroatoms. The zero-order valence-electron chi connectivity index (χ0n) is 11.6. The van der Waals surface area contributed by atoms with Crippen molar-refractivity contribution in [3.63, 3.8) is 0 Å². The average molecular weight is 287 g/mol. The molecule has 0 radical (unpaired) electrons. The Morgan fingerprint density at radius 1 is 1.29 bits per heavy atom. The Labute approximate surface area is 122 Å². The van der Waals surface area contributed by atoms with Crippen molar-refractivity contribution < 1.29 is 14.4 Å². The number of rotatable bonds is 2. The van der Waals surface area contributed by atoms with Crippen LogP contribution in [0.2, 0.25) is 0 Å². The molecule has 1 aromatic rings. The van der Waals surface area contributed by atoms with E-state index in [9.17, 15) is 14.4 Å². The van der Waals surface area contributed by atoms with Gasteiger partial charge < -0.3 is 10.6 Å². The summed E-state index contributed by atoms with van der Waals surface area (Å²) in [4.78, 5) is 37.1. The van der Waals surface area contributed by atoms with E-state index < -0.39 is 6.04 Å². The molecule has 3 rings (SSSR count). The van der Waals surface area contributed by atoms with Gasteiger partial charge in [-0.3, -0.25) is 19.7 Å². The van der Waals surface area contributed by atoms with Gasteiger partial charge in [-0.05, 0) is 23.1 Å². The van der Waals surface area contributed by atoms with Crippen LogP contribution < -0.4 is 11.1 Å². The second-order valence-electron chi connectivity index (χ2n) is 5.42. The van der Waals surface area contributed by atoms with Crippen molar-refractivity contribution in [3.05, 3.63) is 34.9 Å². The van der Waals surface area contributed by atoms with Gasteiger partial charge in [-0.15, -0.1) is 0 Å². The predicted molar refractivity (Wildman–Crippen MR) is 74.8 cm³/mol. The van der Waals surface area contributed by atoms with Crippen molar-refractivity contribution in [2.45, 2.75) is 38.4 Å². The molecule has 1 atom stereocenters. The SMILES string of the molecule is NCc1cccc2c1CN(C1CCC(=O)NC1=O)C(=O)C2. The normalized spacial score (nSPS) is 22.0. The predicted octanol–water partition coefficient (Wildman–Crippen LogP) is -0.165. The van der Waals surface area contributed by atoms with Crippen LogP contribution in [0.5, 0.6) is 0 Å². The Kier molecular flexibility index (Phi) is 3.47. The third-order valence-electron chi connectivity index (χ3n) is 4.17. The van der Waals surface area contributed by atoms with Crippen molar-refractivity contribution in [3.8, 4) is 0 Å². The van der Waals surface area contributed by atoms with Gasteiger partial charge >= 0.3 is 0 Å². The summed E-state index contributed by atoms with van der Waals surface area (Å²) in [6.45, 7) is 0.786. The molecule has 3 N–H and O–H groups in total. The van der Waals surface area contributed by atoms with E-state index in [0.29, 0.717) is 19.5 Å². The van der Waals surface area contributed by atoms with E-state index >= 15 is 0 Å². The number of benzene rings is 1. The number of nitrogens with one attached hydrogen (secondary N) is 1. The fourth-order valence-electron chi connectivity index (χ4n) is 3.03. The first-order chi connectivity index (χ1) is 10.1. The number of hydrogen-bond acceptors (Lipinski definition) is 4. The number of imide groups is 1. The molecule has 2 aliphatic heterocycles. The quantitative estimate of drug-likeness (QED) is 0.739. The largest absolute Gasteiger partial charge is 0.326 e. The minimum Gasteiger partial charge on any atom is -0.326 e. The molecule has 2 aliphatic rings. The summed E-state index contributed by atoms with van der Waals surface area (Å²) in [6.07, 6.45) is 0.934. The smallest absolute Gasteiger partial charge is 0.249 e. The minimum atomic E-state index is -0.561. The van der Waals surface area contributed by atoms with Crippen LogP contribution in [0.4, 0.5) is 0 Å². The number of fused-ring (bicyclic) bond motifs is 1. The fourth-order valence-corrected chi connectivity index (χ4v) is 3.03. The summed E-state index contributed by atoms with van der Waals surface area (Å²) in [7, 11) is 0. The maximum absolute atomic E-state index is 12.3. The number of carbonyl (C=O) groups is 3. The molecule has 0 bridgehead atoms. The van der Waals surface area contributed by atoms with Gasteiger partial charge in [0.1, 0.15) is 6.04 Å². The second-order valence-corrected chi connectivity index (χ2v) is 5.42. The summed E-state index contributed by atoms with van der Waals surface area (Å²) in [5, 5.41) is 2.30. The van der Waals surface area contributed by atoms with E-state index in [0.717, 1.165) is 16.7 Å². The monoisotopic (exact) mass is 287 g/mol. The highest BCUT2D eigenvalue weighted by atomic mass is 16.2. The van der Waals surface area contributed by atoms with Gasteiger partial charge in [-0.25, -0.2) is 0 Å². The molecule has 1 aromatic carbocycles. The van der Waals surface area contributed by atoms with Crippen LogP contribution in [0.1, 0.15) is 29.5 Å². The molecular weight excluding hydrogens is 270 g/mol. The van der Waals surface area contributed by atoms with E-state index in [-0.39, 0.29) is 30.6 Å². The number of amides is 3. The third kappa shape index (κ3) is 2.42. The van der Waals surface area contributed by atoms with Crippen LogP contribution in [-0.2, 0) is 33.9 Å². The number of carbonyl (C=O) groups excluding carboxylic acids is 3. The fraction of sp³-hybridized carbons (Fsp3) is 0.400. The van der Waals surface area contributed by atoms with Gasteiger partial charge in [0.2, 0.25) is 17.7 Å². The Hall–Kier alpha value is -2.21. The average Bonchev–Trinajstić information content (AvgIpc) is 2.46. The summed E-state index contributed by atoms with van der Waals surface area (Å²) < 4.78 is 0. The summed E-state index contributed by atoms with van der Waals surface area (Å²) >= 11 is 0. The van der Waals surface area contributed by atoms with E-state index in [1.807, 2.05) is 18.2 Å². The summed E-state index contributed by atoms with van der Waals surface area (Å²) in [5.41, 5.74) is 8.76. The van der Waals surface area contributed by atoms with Crippen LogP contribution >= 0.6 is 0 Å². The number of piperidine rings is 1. The van der Waals surface area contributed by atoms with Gasteiger partial charge in [-0.2, -0.15) is 0 Å². The van der Waals surface area contributed by atoms with Crippen molar-refractivity contribution in [1.82, 2.24) is 10.2 Å². The van der Waals surface area contributed by atoms with Crippen molar-refractivity contribution in [2.75, 3.05) is 0 Å². The summed E-state index contributed by atoms with van der Waals surface area (Å²) in [5.74, 6) is -0.733. The lowest BCUT2D eigenvalue weighted by Crippen LogP contribution is -2.55. The maximum atomic E-state index is 12.3. The van der Waals surface area contributed by atoms with Crippen LogP contribution in [0, 0.1) is 0 Å². The second kappa shape index (κ2) is 5.29. The first-order valence-electron chi connectivity index (χ1n) is 7.03. The lowest BCUT2D eigenvalue weighted by molar-refractivity contribution is -0.146. The van der Waals surface area contributed by atoms with Gasteiger partial charge in [0, 0.05) is 19.5 Å². The highest BCUT2D eigenvalue weighted by molar-refractivity contribution is 6.02. The molecule has 0 aromatic heterocycles. The van der Waals surface area contributed by atoms with Gasteiger partial charge in [0.25, 0.3) is 0 Å². The van der Waals surface area contributed by atoms with E-state index in [2.05, 4.69) is 5.32 Å². The lowest BCUT2D eigenvalue weighted by Gasteiger charge is -2.37. The first kappa shape index (κ1) is 13.8. The van der Waals surface area contributed by atoms with E-state index in [1.54, 1.807) is 4.90 Å². The van der Waals surface area contributed by atoms with Gasteiger partial charge in [-0.1, -0.05) is 18.2 Å². The minimum absolute atomic E-state index is 0.0776. The maximum Gasteiger partial charge on any atom is 0.249 e. The van der Waals surface area contributed by atoms with Crippen molar-refractivity contribution in [2.24, 2.45) is 5.73 Å². The molecule has 0 spiro atoms. The first-order valence-corrected chi connectivity index (χ1v) is 7.03. The van der Waals surface area contributed by atoms with Crippen molar-refractivity contribution in [1.29, 1.82) is 0 Å². The van der Waals surface area contributed by atoms with Crippen LogP contribution in [-0.4, -0.2) is 28.7 Å². The Morgan fingerprint density at radius 2 is 2.10 bits per heavy atom. The Bertz CT molecular complexity index is 627. The highest BCUT2D eigenvalue weighted by Crippen LogP contribution is 2.26. The molecule has 0 aliphatic carbocycles. The number of hydrogen-bond donors (Lipinski definition) is 2. The van der Waals surface area contributed by atoms with E-state index in [4.69, 9.17) is 5.73 Å². The number of nitrogens with zero attached hydrogens (tertiary/aromatic N) is 1. The zero-order valence-corrected chi connectivity index (χ0v) is 11.6. The zero-order chi connectivity index (χ0) is 15.0. The molecule has 1 unspecified atom stereocenters. The topological polar surface area (TPSA) is 92.5 Å². The summed E-state index contributed by atoms with van der Waals surface area (Å²) in [6, 6.07) is 5.20. The standard InChI is InChI=1S/C15H17N3O3/c16-7-10-3-1-2-9-6-14(20)18(8-11(9)10)12-4-5-13(19)17-15(12)21/h1-3,12H,4-8,16H2,(H,17,19,21). The molecule has 0 saturated carbocycles. The van der Waals surface area contributed by atoms with E-state index in [1.165, 1.54) is 0 Å². The molecule has 110 valence electrons. The molecule has 2 heterocycles. The highest BCUT2D eigenvalue weighted by Gasteiger charge is 2.37. The molecule has 6 nitrogen and oxygen atoms in total. The molecule has 1 saturated heterocycles. The molecular formula is C15H17N3O3. The van der Waals surface area contributed by atoms with Crippen LogP contribution in [0.3, 0.4) is 0 Å². The van der Waals surface area contributed by atoms with Crippen molar-refractivity contribution >= 4 is 17.7 Å². The Balaban J connectivity index is 1.90. The molecule has 1 fully saturated rings. The molecule has 3 amide bonds. The number of nitrogens with two attached hydrogens (primary N) is 1. The van der Waals surface area contributed by atoms with Crippen LogP contribution in [0.25, 0.3) is 0 Å².